The Balaban J connectivity index is 1.00. The van der Waals surface area contributed by atoms with Crippen molar-refractivity contribution >= 4 is 16.9 Å². The molecule has 254 valence electrons. The molecule has 0 amide bonds. The van der Waals surface area contributed by atoms with Crippen molar-refractivity contribution in [3.63, 3.8) is 0 Å². The van der Waals surface area contributed by atoms with Crippen LogP contribution in [0.15, 0.2) is 127 Å². The zero-order valence-corrected chi connectivity index (χ0v) is 30.8. The van der Waals surface area contributed by atoms with Crippen molar-refractivity contribution < 1.29 is 0 Å². The molecule has 0 aliphatic heterocycles. The summed E-state index contributed by atoms with van der Waals surface area (Å²) in [6.07, 6.45) is 9.39. The van der Waals surface area contributed by atoms with E-state index in [9.17, 15) is 0 Å². The lowest BCUT2D eigenvalue weighted by molar-refractivity contribution is -0.413. The molecule has 13 rings (SSSR count). The first kappa shape index (κ1) is 28.9. The average Bonchev–Trinajstić information content (AvgIpc) is 3.65. The lowest BCUT2D eigenvalue weighted by Crippen LogP contribution is -2.88. The Morgan fingerprint density at radius 3 is 1.56 bits per heavy atom. The molecule has 4 unspecified atom stereocenters. The fourth-order valence-electron chi connectivity index (χ4n) is 14.6. The number of fused-ring (bicyclic) bond motifs is 12. The van der Waals surface area contributed by atoms with Crippen LogP contribution in [0.25, 0.3) is 27.8 Å². The molecule has 0 bridgehead atoms. The van der Waals surface area contributed by atoms with Crippen LogP contribution in [-0.2, 0) is 16.2 Å². The molecular weight excluding hydrogens is 627 g/mol. The third-order valence-corrected chi connectivity index (χ3v) is 16.7. The van der Waals surface area contributed by atoms with Gasteiger partial charge in [-0.2, -0.15) is 0 Å². The molecule has 5 aromatic carbocycles. The molecule has 0 radical (unpaired) electrons. The maximum Gasteiger partial charge on any atom is 0.0461 e. The first-order chi connectivity index (χ1) is 25.3. The summed E-state index contributed by atoms with van der Waals surface area (Å²) in [5.41, 5.74) is 22.8. The molecular formula is C51H45N. The Morgan fingerprint density at radius 2 is 1.00 bits per heavy atom. The van der Waals surface area contributed by atoms with E-state index in [0.717, 1.165) is 35.5 Å². The molecule has 5 aromatic rings. The van der Waals surface area contributed by atoms with E-state index in [1.807, 2.05) is 0 Å². The summed E-state index contributed by atoms with van der Waals surface area (Å²) in [7, 11) is 0. The zero-order valence-electron chi connectivity index (χ0n) is 30.8. The van der Waals surface area contributed by atoms with Crippen molar-refractivity contribution in [1.82, 2.24) is 0 Å². The highest BCUT2D eigenvalue weighted by Crippen LogP contribution is 2.95. The van der Waals surface area contributed by atoms with E-state index in [4.69, 9.17) is 0 Å². The van der Waals surface area contributed by atoms with Gasteiger partial charge in [0.1, 0.15) is 0 Å². The van der Waals surface area contributed by atoms with Crippen LogP contribution in [0.1, 0.15) is 93.2 Å². The quantitative estimate of drug-likeness (QED) is 0.185. The molecule has 0 saturated heterocycles. The SMILES string of the molecule is CC1(C)c2ccccc2-c2ccc(N(C3=CC4=C(CC3)C3(c5ccccc54)C4CC5CC6CC3C564)c3ccc4c(c3)C(C)(C)c3ccccc3-4)cc21. The van der Waals surface area contributed by atoms with E-state index < -0.39 is 0 Å². The standard InChI is InChI=1S/C51H45N/c1-48(2)40-14-8-5-11-34(40)37-20-17-32(27-44(37)48)52(33-18-21-38-35-12-6-9-15-41(35)49(3,4)45(38)28-33)31-19-22-43-39(26-31)36-13-7-10-16-42(36)51(43)46-24-29-23-30-25-47(51)50(29,30)46/h5-18,20-21,26-30,46-47H,19,22-25H2,1-4H3. The van der Waals surface area contributed by atoms with Crippen molar-refractivity contribution in [2.45, 2.75) is 76.0 Å². The van der Waals surface area contributed by atoms with Crippen molar-refractivity contribution in [3.8, 4) is 22.3 Å². The van der Waals surface area contributed by atoms with Crippen LogP contribution in [0.2, 0.25) is 0 Å². The van der Waals surface area contributed by atoms with Gasteiger partial charge in [-0.1, -0.05) is 118 Å². The van der Waals surface area contributed by atoms with Gasteiger partial charge in [-0.25, -0.2) is 0 Å². The van der Waals surface area contributed by atoms with Crippen LogP contribution in [0.4, 0.5) is 11.4 Å². The van der Waals surface area contributed by atoms with E-state index in [0.29, 0.717) is 5.41 Å². The summed E-state index contributed by atoms with van der Waals surface area (Å²) in [6.45, 7) is 9.65. The molecule has 0 heterocycles. The van der Waals surface area contributed by atoms with Gasteiger partial charge in [0.05, 0.1) is 0 Å². The van der Waals surface area contributed by atoms with E-state index in [2.05, 4.69) is 148 Å². The highest BCUT2D eigenvalue weighted by molar-refractivity contribution is 5.92. The largest absolute Gasteiger partial charge is 0.314 e. The van der Waals surface area contributed by atoms with Gasteiger partial charge in [0, 0.05) is 33.3 Å². The van der Waals surface area contributed by atoms with E-state index in [1.165, 1.54) is 92.8 Å². The lowest BCUT2D eigenvalue weighted by atomic mass is 9.11. The maximum atomic E-state index is 2.66. The van der Waals surface area contributed by atoms with Gasteiger partial charge < -0.3 is 4.90 Å². The average molecular weight is 672 g/mol. The molecule has 2 spiro atoms. The second-order valence-corrected chi connectivity index (χ2v) is 18.8. The molecule has 4 atom stereocenters. The van der Waals surface area contributed by atoms with Crippen LogP contribution >= 0.6 is 0 Å². The van der Waals surface area contributed by atoms with Crippen LogP contribution in [0.3, 0.4) is 0 Å². The Hall–Kier alpha value is -4.62. The minimum absolute atomic E-state index is 0.0500. The normalized spacial score (nSPS) is 31.6. The third-order valence-electron chi connectivity index (χ3n) is 16.7. The Morgan fingerprint density at radius 1 is 0.500 bits per heavy atom. The Labute approximate surface area is 308 Å². The van der Waals surface area contributed by atoms with Gasteiger partial charge >= 0.3 is 0 Å². The molecule has 1 nitrogen and oxygen atoms in total. The second-order valence-electron chi connectivity index (χ2n) is 18.8. The van der Waals surface area contributed by atoms with Crippen molar-refractivity contribution in [2.24, 2.45) is 29.1 Å². The fraction of sp³-hybridized carbons (Fsp3) is 0.333. The van der Waals surface area contributed by atoms with E-state index >= 15 is 0 Å². The topological polar surface area (TPSA) is 3.24 Å². The summed E-state index contributed by atoms with van der Waals surface area (Å²) in [5, 5.41) is 0. The second kappa shape index (κ2) is 8.94. The zero-order chi connectivity index (χ0) is 34.5. The van der Waals surface area contributed by atoms with Crippen LogP contribution in [0.5, 0.6) is 0 Å². The minimum Gasteiger partial charge on any atom is -0.314 e. The molecule has 8 aliphatic rings. The summed E-state index contributed by atoms with van der Waals surface area (Å²) < 4.78 is 0. The van der Waals surface area contributed by atoms with Gasteiger partial charge in [-0.15, -0.1) is 0 Å². The predicted molar refractivity (Wildman–Crippen MR) is 213 cm³/mol. The predicted octanol–water partition coefficient (Wildman–Crippen LogP) is 12.5. The smallest absolute Gasteiger partial charge is 0.0461 e. The van der Waals surface area contributed by atoms with E-state index in [-0.39, 0.29) is 10.8 Å². The van der Waals surface area contributed by atoms with E-state index in [1.54, 1.807) is 16.7 Å². The monoisotopic (exact) mass is 671 g/mol. The van der Waals surface area contributed by atoms with Crippen molar-refractivity contribution in [3.05, 3.63) is 160 Å². The highest BCUT2D eigenvalue weighted by atomic mass is 15.2. The molecule has 4 saturated carbocycles. The Kier molecular flexibility index (Phi) is 4.97. The van der Waals surface area contributed by atoms with Gasteiger partial charge in [0.15, 0.2) is 0 Å². The molecule has 0 aromatic heterocycles. The first-order valence-corrected chi connectivity index (χ1v) is 20.1. The van der Waals surface area contributed by atoms with Gasteiger partial charge in [0.25, 0.3) is 0 Å². The molecule has 8 aliphatic carbocycles. The molecule has 4 fully saturated rings. The number of nitrogens with zero attached hydrogens (tertiary/aromatic N) is 1. The summed E-state index contributed by atoms with van der Waals surface area (Å²) in [4.78, 5) is 2.66. The first-order valence-electron chi connectivity index (χ1n) is 20.1. The summed E-state index contributed by atoms with van der Waals surface area (Å²) >= 11 is 0. The number of hydrogen-bond donors (Lipinski definition) is 0. The van der Waals surface area contributed by atoms with Gasteiger partial charge in [0.2, 0.25) is 0 Å². The number of allylic oxidation sites excluding steroid dienone is 4. The number of hydrogen-bond acceptors (Lipinski definition) is 1. The highest BCUT2D eigenvalue weighted by Gasteiger charge is 2.90. The van der Waals surface area contributed by atoms with Gasteiger partial charge in [-0.05, 0) is 153 Å². The molecule has 52 heavy (non-hydrogen) atoms. The van der Waals surface area contributed by atoms with Crippen LogP contribution in [-0.4, -0.2) is 0 Å². The van der Waals surface area contributed by atoms with Crippen molar-refractivity contribution in [1.29, 1.82) is 0 Å². The number of anilines is 2. The van der Waals surface area contributed by atoms with Crippen molar-refractivity contribution in [2.75, 3.05) is 4.90 Å². The molecule has 1 heteroatoms. The van der Waals surface area contributed by atoms with Crippen LogP contribution < -0.4 is 4.90 Å². The van der Waals surface area contributed by atoms with Gasteiger partial charge in [-0.3, -0.25) is 0 Å². The number of benzene rings is 5. The summed E-state index contributed by atoms with van der Waals surface area (Å²) in [6, 6.07) is 42.5. The lowest BCUT2D eigenvalue weighted by Gasteiger charge is -2.92. The fourth-order valence-corrected chi connectivity index (χ4v) is 14.6. The Bertz CT molecular complexity index is 2420. The van der Waals surface area contributed by atoms with Crippen LogP contribution in [0, 0.1) is 29.1 Å². The molecule has 0 N–H and O–H groups in total. The maximum absolute atomic E-state index is 2.66. The minimum atomic E-state index is -0.0500. The summed E-state index contributed by atoms with van der Waals surface area (Å²) in [5.74, 6) is 3.87. The number of rotatable bonds is 3. The third kappa shape index (κ3) is 2.91.